The molecule has 0 bridgehead atoms. The van der Waals surface area contributed by atoms with Crippen molar-refractivity contribution in [3.8, 4) is 11.8 Å². The van der Waals surface area contributed by atoms with Gasteiger partial charge in [0.25, 0.3) is 0 Å². The Balaban J connectivity index is 2.10. The lowest BCUT2D eigenvalue weighted by atomic mass is 10.3. The molecule has 0 amide bonds. The van der Waals surface area contributed by atoms with E-state index in [-0.39, 0.29) is 12.6 Å². The van der Waals surface area contributed by atoms with E-state index in [0.29, 0.717) is 17.0 Å². The van der Waals surface area contributed by atoms with Crippen LogP contribution in [0.1, 0.15) is 24.6 Å². The van der Waals surface area contributed by atoms with E-state index in [1.165, 1.54) is 0 Å². The lowest BCUT2D eigenvalue weighted by Gasteiger charge is -2.04. The molecule has 96 valence electrons. The van der Waals surface area contributed by atoms with E-state index in [9.17, 15) is 0 Å². The van der Waals surface area contributed by atoms with E-state index in [4.69, 9.17) is 9.84 Å². The fraction of sp³-hybridized carbons (Fsp3) is 0.417. The lowest BCUT2D eigenvalue weighted by Crippen LogP contribution is -1.98. The second kappa shape index (κ2) is 5.59. The van der Waals surface area contributed by atoms with Crippen molar-refractivity contribution in [3.05, 3.63) is 29.8 Å². The summed E-state index contributed by atoms with van der Waals surface area (Å²) < 4.78 is 7.31. The highest BCUT2D eigenvalue weighted by molar-refractivity contribution is 5.21. The molecule has 0 unspecified atom stereocenters. The minimum Gasteiger partial charge on any atom is -0.421 e. The van der Waals surface area contributed by atoms with Crippen LogP contribution < -0.4 is 4.74 Å². The normalized spacial score (nSPS) is 10.6. The van der Waals surface area contributed by atoms with Gasteiger partial charge in [0.05, 0.1) is 24.7 Å². The molecule has 18 heavy (non-hydrogen) atoms. The number of hydrogen-bond acceptors (Lipinski definition) is 5. The largest absolute Gasteiger partial charge is 0.421 e. The zero-order valence-electron chi connectivity index (χ0n) is 10.5. The first kappa shape index (κ1) is 12.5. The minimum absolute atomic E-state index is 0.0689. The number of aliphatic hydroxyl groups excluding tert-OH is 1. The molecule has 0 aliphatic heterocycles. The average Bonchev–Trinajstić information content (AvgIpc) is 2.77. The molecular formula is C12H16N4O2. The maximum Gasteiger partial charge on any atom is 0.322 e. The molecule has 0 fully saturated rings. The van der Waals surface area contributed by atoms with Gasteiger partial charge in [-0.1, -0.05) is 6.92 Å². The molecular weight excluding hydrogens is 232 g/mol. The third kappa shape index (κ3) is 2.84. The molecule has 2 aromatic heterocycles. The van der Waals surface area contributed by atoms with Gasteiger partial charge < -0.3 is 9.84 Å². The Morgan fingerprint density at radius 1 is 1.39 bits per heavy atom. The van der Waals surface area contributed by atoms with Crippen LogP contribution in [0.15, 0.2) is 18.6 Å². The van der Waals surface area contributed by atoms with Gasteiger partial charge in [-0.05, 0) is 13.3 Å². The quantitative estimate of drug-likeness (QED) is 0.871. The molecule has 0 aromatic carbocycles. The zero-order chi connectivity index (χ0) is 13.0. The summed E-state index contributed by atoms with van der Waals surface area (Å²) in [4.78, 5) is 8.19. The smallest absolute Gasteiger partial charge is 0.322 e. The summed E-state index contributed by atoms with van der Waals surface area (Å²) >= 11 is 0. The highest BCUT2D eigenvalue weighted by Gasteiger charge is 2.06. The van der Waals surface area contributed by atoms with Gasteiger partial charge in [-0.3, -0.25) is 4.68 Å². The molecule has 6 heteroatoms. The van der Waals surface area contributed by atoms with Gasteiger partial charge >= 0.3 is 6.01 Å². The summed E-state index contributed by atoms with van der Waals surface area (Å²) in [5.41, 5.74) is 1.41. The predicted molar refractivity (Wildman–Crippen MR) is 65.3 cm³/mol. The van der Waals surface area contributed by atoms with Crippen molar-refractivity contribution in [1.29, 1.82) is 0 Å². The Morgan fingerprint density at radius 3 is 2.89 bits per heavy atom. The van der Waals surface area contributed by atoms with Crippen LogP contribution in [-0.4, -0.2) is 24.9 Å². The van der Waals surface area contributed by atoms with Crippen LogP contribution in [-0.2, 0) is 13.2 Å². The molecule has 2 rings (SSSR count). The molecule has 0 saturated heterocycles. The summed E-state index contributed by atoms with van der Waals surface area (Å²) in [7, 11) is 0. The van der Waals surface area contributed by atoms with Crippen molar-refractivity contribution in [2.24, 2.45) is 0 Å². The van der Waals surface area contributed by atoms with Gasteiger partial charge in [0.2, 0.25) is 0 Å². The van der Waals surface area contributed by atoms with E-state index in [1.807, 2.05) is 10.9 Å². The molecule has 6 nitrogen and oxygen atoms in total. The number of aromatic nitrogens is 4. The minimum atomic E-state index is -0.0689. The maximum absolute atomic E-state index is 9.03. The first-order valence-electron chi connectivity index (χ1n) is 5.86. The predicted octanol–water partition coefficient (Wildman–Crippen LogP) is 1.68. The lowest BCUT2D eigenvalue weighted by molar-refractivity contribution is 0.279. The number of rotatable bonds is 5. The highest BCUT2D eigenvalue weighted by Crippen LogP contribution is 2.17. The summed E-state index contributed by atoms with van der Waals surface area (Å²) in [6.45, 7) is 4.68. The summed E-state index contributed by atoms with van der Waals surface area (Å²) in [5, 5.41) is 13.2. The fourth-order valence-corrected chi connectivity index (χ4v) is 1.53. The molecule has 0 atom stereocenters. The Kier molecular flexibility index (Phi) is 3.88. The highest BCUT2D eigenvalue weighted by atomic mass is 16.5. The Morgan fingerprint density at radius 2 is 2.22 bits per heavy atom. The Hall–Kier alpha value is -1.95. The maximum atomic E-state index is 9.03. The molecule has 0 aliphatic rings. The third-order valence-corrected chi connectivity index (χ3v) is 2.50. The zero-order valence-corrected chi connectivity index (χ0v) is 10.5. The first-order valence-corrected chi connectivity index (χ1v) is 5.86. The number of hydrogen-bond donors (Lipinski definition) is 1. The Bertz CT molecular complexity index is 525. The van der Waals surface area contributed by atoms with Gasteiger partial charge in [0.15, 0.2) is 5.75 Å². The van der Waals surface area contributed by atoms with E-state index < -0.39 is 0 Å². The van der Waals surface area contributed by atoms with Gasteiger partial charge in [-0.2, -0.15) is 10.1 Å². The summed E-state index contributed by atoms with van der Waals surface area (Å²) in [6.07, 6.45) is 6.02. The van der Waals surface area contributed by atoms with Crippen molar-refractivity contribution in [1.82, 2.24) is 19.7 Å². The van der Waals surface area contributed by atoms with E-state index in [0.717, 1.165) is 13.0 Å². The van der Waals surface area contributed by atoms with Crippen molar-refractivity contribution in [2.45, 2.75) is 33.4 Å². The Labute approximate surface area is 105 Å². The molecule has 2 heterocycles. The average molecular weight is 248 g/mol. The molecule has 0 radical (unpaired) electrons. The topological polar surface area (TPSA) is 73.1 Å². The van der Waals surface area contributed by atoms with Crippen LogP contribution >= 0.6 is 0 Å². The number of aryl methyl sites for hydroxylation is 2. The summed E-state index contributed by atoms with van der Waals surface area (Å²) in [5.74, 6) is 0.611. The van der Waals surface area contributed by atoms with Crippen LogP contribution in [0, 0.1) is 6.92 Å². The first-order chi connectivity index (χ1) is 8.72. The number of aliphatic hydroxyl groups is 1. The number of nitrogens with zero attached hydrogens (tertiary/aromatic N) is 4. The fourth-order valence-electron chi connectivity index (χ4n) is 1.53. The second-order valence-electron chi connectivity index (χ2n) is 3.96. The van der Waals surface area contributed by atoms with E-state index in [2.05, 4.69) is 22.0 Å². The van der Waals surface area contributed by atoms with E-state index >= 15 is 0 Å². The third-order valence-electron chi connectivity index (χ3n) is 2.50. The summed E-state index contributed by atoms with van der Waals surface area (Å²) in [6, 6.07) is 0.265. The van der Waals surface area contributed by atoms with Gasteiger partial charge in [-0.15, -0.1) is 0 Å². The van der Waals surface area contributed by atoms with Crippen molar-refractivity contribution >= 4 is 0 Å². The van der Waals surface area contributed by atoms with Gasteiger partial charge in [0.1, 0.15) is 0 Å². The molecule has 0 aliphatic carbocycles. The van der Waals surface area contributed by atoms with Crippen LogP contribution in [0.2, 0.25) is 0 Å². The van der Waals surface area contributed by atoms with E-state index in [1.54, 1.807) is 19.3 Å². The molecule has 1 N–H and O–H groups in total. The second-order valence-corrected chi connectivity index (χ2v) is 3.96. The number of ether oxygens (including phenoxy) is 1. The van der Waals surface area contributed by atoms with Crippen molar-refractivity contribution < 1.29 is 9.84 Å². The van der Waals surface area contributed by atoms with Crippen LogP contribution in [0.3, 0.4) is 0 Å². The van der Waals surface area contributed by atoms with Gasteiger partial charge in [0, 0.05) is 18.3 Å². The monoisotopic (exact) mass is 248 g/mol. The van der Waals surface area contributed by atoms with Crippen LogP contribution in [0.5, 0.6) is 11.8 Å². The molecule has 0 saturated carbocycles. The van der Waals surface area contributed by atoms with Crippen molar-refractivity contribution in [3.63, 3.8) is 0 Å². The van der Waals surface area contributed by atoms with Gasteiger partial charge in [-0.25, -0.2) is 4.98 Å². The molecule has 2 aromatic rings. The molecule has 0 spiro atoms. The van der Waals surface area contributed by atoms with Crippen LogP contribution in [0.4, 0.5) is 0 Å². The SMILES string of the molecule is CCCn1cc(Oc2ncc(CO)c(C)n2)cn1. The van der Waals surface area contributed by atoms with Crippen LogP contribution in [0.25, 0.3) is 0 Å². The standard InChI is InChI=1S/C12H16N4O2/c1-3-4-16-7-11(6-14-16)18-12-13-5-10(8-17)9(2)15-12/h5-7,17H,3-4,8H2,1-2H3. The van der Waals surface area contributed by atoms with Crippen molar-refractivity contribution in [2.75, 3.05) is 0 Å².